The molecule has 0 aliphatic heterocycles. The zero-order chi connectivity index (χ0) is 12.8. The van der Waals surface area contributed by atoms with Gasteiger partial charge in [-0.05, 0) is 57.6 Å². The third-order valence-corrected chi connectivity index (χ3v) is 3.78. The lowest BCUT2D eigenvalue weighted by atomic mass is 9.97. The van der Waals surface area contributed by atoms with Crippen molar-refractivity contribution in [1.82, 2.24) is 4.90 Å². The summed E-state index contributed by atoms with van der Waals surface area (Å²) in [4.78, 5) is 13.7. The van der Waals surface area contributed by atoms with E-state index in [2.05, 4.69) is 11.0 Å². The van der Waals surface area contributed by atoms with Crippen LogP contribution in [0.2, 0.25) is 0 Å². The van der Waals surface area contributed by atoms with Gasteiger partial charge in [-0.2, -0.15) is 0 Å². The molecule has 0 spiro atoms. The first kappa shape index (κ1) is 12.1. The number of Topliss-reactive ketones (excluding diaryl/α,β-unsaturated/α-hetero) is 1. The second-order valence-corrected chi connectivity index (χ2v) is 5.24. The average molecular weight is 233 g/mol. The van der Waals surface area contributed by atoms with Crippen molar-refractivity contribution in [2.75, 3.05) is 14.1 Å². The topological polar surface area (TPSA) is 40.5 Å². The standard InChI is InChI=1S/C14H19NO2/c1-9-5-11(7-12(17)6-9)14(15(3)4)8-13(14)10(2)16/h5-7,13,17H,8H2,1-4H3. The Morgan fingerprint density at radius 2 is 2.06 bits per heavy atom. The highest BCUT2D eigenvalue weighted by Gasteiger charge is 2.59. The Bertz CT molecular complexity index is 447. The monoisotopic (exact) mass is 233 g/mol. The lowest BCUT2D eigenvalue weighted by Gasteiger charge is -2.26. The number of hydrogen-bond donors (Lipinski definition) is 1. The van der Waals surface area contributed by atoms with Gasteiger partial charge in [0.2, 0.25) is 0 Å². The van der Waals surface area contributed by atoms with Gasteiger partial charge in [0.1, 0.15) is 11.5 Å². The van der Waals surface area contributed by atoms with Crippen LogP contribution in [0.1, 0.15) is 24.5 Å². The first-order valence-electron chi connectivity index (χ1n) is 5.87. The molecule has 17 heavy (non-hydrogen) atoms. The van der Waals surface area contributed by atoms with Crippen LogP contribution < -0.4 is 0 Å². The molecule has 2 rings (SSSR count). The van der Waals surface area contributed by atoms with Gasteiger partial charge in [-0.15, -0.1) is 0 Å². The van der Waals surface area contributed by atoms with Gasteiger partial charge in [-0.3, -0.25) is 9.69 Å². The summed E-state index contributed by atoms with van der Waals surface area (Å²) in [6, 6.07) is 5.57. The van der Waals surface area contributed by atoms with Crippen molar-refractivity contribution in [1.29, 1.82) is 0 Å². The minimum atomic E-state index is -0.213. The van der Waals surface area contributed by atoms with E-state index in [1.807, 2.05) is 21.0 Å². The molecule has 1 aliphatic rings. The van der Waals surface area contributed by atoms with Crippen molar-refractivity contribution in [3.05, 3.63) is 29.3 Å². The van der Waals surface area contributed by atoms with Crippen LogP contribution in [0.4, 0.5) is 0 Å². The number of phenolic OH excluding ortho intramolecular Hbond substituents is 1. The van der Waals surface area contributed by atoms with Crippen LogP contribution in [0.25, 0.3) is 0 Å². The predicted octanol–water partition coefficient (Wildman–Crippen LogP) is 2.07. The van der Waals surface area contributed by atoms with E-state index in [1.165, 1.54) is 0 Å². The van der Waals surface area contributed by atoms with E-state index in [0.717, 1.165) is 17.5 Å². The molecule has 0 aromatic heterocycles. The Morgan fingerprint density at radius 3 is 2.47 bits per heavy atom. The number of hydrogen-bond acceptors (Lipinski definition) is 3. The first-order valence-corrected chi connectivity index (χ1v) is 5.87. The van der Waals surface area contributed by atoms with Crippen LogP contribution in [0, 0.1) is 12.8 Å². The SMILES string of the molecule is CC(=O)C1CC1(c1cc(C)cc(O)c1)N(C)C. The molecule has 92 valence electrons. The minimum Gasteiger partial charge on any atom is -0.508 e. The normalized spacial score (nSPS) is 27.2. The van der Waals surface area contributed by atoms with Crippen LogP contribution in [0.3, 0.4) is 0 Å². The third kappa shape index (κ3) is 1.84. The van der Waals surface area contributed by atoms with Crippen molar-refractivity contribution < 1.29 is 9.90 Å². The number of benzene rings is 1. The van der Waals surface area contributed by atoms with E-state index in [-0.39, 0.29) is 23.0 Å². The van der Waals surface area contributed by atoms with Crippen molar-refractivity contribution in [2.45, 2.75) is 25.8 Å². The fourth-order valence-corrected chi connectivity index (χ4v) is 2.82. The van der Waals surface area contributed by atoms with Crippen molar-refractivity contribution >= 4 is 5.78 Å². The molecule has 0 saturated heterocycles. The van der Waals surface area contributed by atoms with Gasteiger partial charge in [0, 0.05) is 5.92 Å². The maximum Gasteiger partial charge on any atom is 0.135 e. The Kier molecular flexibility index (Phi) is 2.74. The Balaban J connectivity index is 2.46. The van der Waals surface area contributed by atoms with Crippen molar-refractivity contribution in [3.63, 3.8) is 0 Å². The summed E-state index contributed by atoms with van der Waals surface area (Å²) < 4.78 is 0. The van der Waals surface area contributed by atoms with Crippen molar-refractivity contribution in [3.8, 4) is 5.75 Å². The Hall–Kier alpha value is -1.35. The number of aryl methyl sites for hydroxylation is 1. The van der Waals surface area contributed by atoms with E-state index < -0.39 is 0 Å². The number of phenols is 1. The zero-order valence-electron chi connectivity index (χ0n) is 10.8. The highest BCUT2D eigenvalue weighted by molar-refractivity contribution is 5.84. The number of nitrogens with zero attached hydrogens (tertiary/aromatic N) is 1. The minimum absolute atomic E-state index is 0.0544. The summed E-state index contributed by atoms with van der Waals surface area (Å²) in [6.45, 7) is 3.60. The molecule has 1 saturated carbocycles. The molecule has 1 aromatic carbocycles. The molecule has 3 nitrogen and oxygen atoms in total. The second kappa shape index (κ2) is 3.84. The molecule has 2 unspecified atom stereocenters. The van der Waals surface area contributed by atoms with Crippen molar-refractivity contribution in [2.24, 2.45) is 5.92 Å². The molecule has 1 fully saturated rings. The van der Waals surface area contributed by atoms with E-state index in [9.17, 15) is 9.90 Å². The summed E-state index contributed by atoms with van der Waals surface area (Å²) >= 11 is 0. The molecule has 0 bridgehead atoms. The summed E-state index contributed by atoms with van der Waals surface area (Å²) in [6.07, 6.45) is 0.845. The molecule has 0 amide bonds. The Labute approximate surface area is 102 Å². The van der Waals surface area contributed by atoms with E-state index >= 15 is 0 Å². The molecule has 1 aromatic rings. The highest BCUT2D eigenvalue weighted by atomic mass is 16.3. The van der Waals surface area contributed by atoms with Gasteiger partial charge in [-0.1, -0.05) is 6.07 Å². The molecule has 2 atom stereocenters. The van der Waals surface area contributed by atoms with Crippen LogP contribution in [0.15, 0.2) is 18.2 Å². The predicted molar refractivity (Wildman–Crippen MR) is 67.0 cm³/mol. The number of aromatic hydroxyl groups is 1. The largest absolute Gasteiger partial charge is 0.508 e. The van der Waals surface area contributed by atoms with Gasteiger partial charge in [0.25, 0.3) is 0 Å². The lowest BCUT2D eigenvalue weighted by Crippen LogP contribution is -2.31. The number of rotatable bonds is 3. The second-order valence-electron chi connectivity index (χ2n) is 5.24. The quantitative estimate of drug-likeness (QED) is 0.868. The van der Waals surface area contributed by atoms with Crippen LogP contribution in [-0.4, -0.2) is 29.9 Å². The summed E-state index contributed by atoms with van der Waals surface area (Å²) in [5.41, 5.74) is 1.85. The van der Waals surface area contributed by atoms with Gasteiger partial charge in [-0.25, -0.2) is 0 Å². The molecule has 0 radical (unpaired) electrons. The van der Waals surface area contributed by atoms with Crippen LogP contribution >= 0.6 is 0 Å². The third-order valence-electron chi connectivity index (χ3n) is 3.78. The fourth-order valence-electron chi connectivity index (χ4n) is 2.82. The fraction of sp³-hybridized carbons (Fsp3) is 0.500. The highest BCUT2D eigenvalue weighted by Crippen LogP contribution is 2.56. The summed E-state index contributed by atoms with van der Waals surface area (Å²) in [5, 5.41) is 9.69. The van der Waals surface area contributed by atoms with Gasteiger partial charge in [0.15, 0.2) is 0 Å². The smallest absolute Gasteiger partial charge is 0.135 e. The first-order chi connectivity index (χ1) is 7.87. The van der Waals surface area contributed by atoms with E-state index in [0.29, 0.717) is 0 Å². The summed E-state index contributed by atoms with van der Waals surface area (Å²) in [7, 11) is 3.98. The molecular formula is C14H19NO2. The number of carbonyl (C=O) groups excluding carboxylic acids is 1. The van der Waals surface area contributed by atoms with E-state index in [1.54, 1.807) is 19.1 Å². The molecule has 3 heteroatoms. The molecule has 1 aliphatic carbocycles. The van der Waals surface area contributed by atoms with Gasteiger partial charge in [0.05, 0.1) is 5.54 Å². The molecule has 1 N–H and O–H groups in total. The summed E-state index contributed by atoms with van der Waals surface area (Å²) in [5.74, 6) is 0.550. The maximum absolute atomic E-state index is 11.6. The van der Waals surface area contributed by atoms with Crippen LogP contribution in [-0.2, 0) is 10.3 Å². The zero-order valence-corrected chi connectivity index (χ0v) is 10.8. The van der Waals surface area contributed by atoms with Gasteiger partial charge >= 0.3 is 0 Å². The molecule has 0 heterocycles. The van der Waals surface area contributed by atoms with E-state index in [4.69, 9.17) is 0 Å². The average Bonchev–Trinajstić information content (AvgIpc) is 2.91. The number of ketones is 1. The lowest BCUT2D eigenvalue weighted by molar-refractivity contribution is -0.119. The Morgan fingerprint density at radius 1 is 1.41 bits per heavy atom. The number of carbonyl (C=O) groups is 1. The van der Waals surface area contributed by atoms with Gasteiger partial charge < -0.3 is 5.11 Å². The maximum atomic E-state index is 11.6. The van der Waals surface area contributed by atoms with Crippen LogP contribution in [0.5, 0.6) is 5.75 Å². The molecular weight excluding hydrogens is 214 g/mol.